The van der Waals surface area contributed by atoms with Gasteiger partial charge in [0, 0.05) is 15.9 Å². The molecule has 0 unspecified atom stereocenters. The Kier molecular flexibility index (Phi) is 5.15. The first-order valence-electron chi connectivity index (χ1n) is 5.88. The summed E-state index contributed by atoms with van der Waals surface area (Å²) in [5, 5.41) is 0.598. The van der Waals surface area contributed by atoms with E-state index in [-0.39, 0.29) is 18.8 Å². The second kappa shape index (κ2) is 6.86. The van der Waals surface area contributed by atoms with E-state index in [0.717, 1.165) is 0 Å². The lowest BCUT2D eigenvalue weighted by molar-refractivity contribution is -0.120. The van der Waals surface area contributed by atoms with Crippen LogP contribution in [-0.2, 0) is 11.2 Å². The Morgan fingerprint density at radius 2 is 1.90 bits per heavy atom. The second-order valence-corrected chi connectivity index (χ2v) is 5.55. The fourth-order valence-corrected chi connectivity index (χ4v) is 2.08. The van der Waals surface area contributed by atoms with Gasteiger partial charge in [-0.05, 0) is 42.0 Å². The molecule has 0 aromatic heterocycles. The minimum atomic E-state index is -0.404. The third kappa shape index (κ3) is 4.32. The predicted molar refractivity (Wildman–Crippen MR) is 79.8 cm³/mol. The Morgan fingerprint density at radius 3 is 2.55 bits per heavy atom. The van der Waals surface area contributed by atoms with Gasteiger partial charge < -0.3 is 4.74 Å². The molecule has 0 aliphatic heterocycles. The molecule has 0 aliphatic carbocycles. The zero-order chi connectivity index (χ0) is 14.5. The molecule has 0 amide bonds. The van der Waals surface area contributed by atoms with Crippen molar-refractivity contribution >= 4 is 33.3 Å². The largest absolute Gasteiger partial charge is 0.486 e. The number of benzene rings is 2. The Labute approximate surface area is 129 Å². The number of ketones is 1. The van der Waals surface area contributed by atoms with Crippen molar-refractivity contribution in [2.24, 2.45) is 0 Å². The van der Waals surface area contributed by atoms with Gasteiger partial charge in [0.25, 0.3) is 0 Å². The SMILES string of the molecule is O=C(COc1ccc(Cl)cc1)Cc1ccc(Br)cc1F. The Morgan fingerprint density at radius 1 is 1.20 bits per heavy atom. The summed E-state index contributed by atoms with van der Waals surface area (Å²) in [5.74, 6) is -0.0422. The van der Waals surface area contributed by atoms with E-state index in [1.807, 2.05) is 0 Å². The first-order chi connectivity index (χ1) is 9.54. The molecule has 2 aromatic rings. The summed E-state index contributed by atoms with van der Waals surface area (Å²) in [5.41, 5.74) is 0.359. The van der Waals surface area contributed by atoms with Gasteiger partial charge in [0.05, 0.1) is 0 Å². The molecule has 104 valence electrons. The summed E-state index contributed by atoms with van der Waals surface area (Å²) in [6, 6.07) is 11.3. The van der Waals surface area contributed by atoms with Gasteiger partial charge in [0.1, 0.15) is 18.2 Å². The summed E-state index contributed by atoms with van der Waals surface area (Å²) < 4.78 is 19.5. The van der Waals surface area contributed by atoms with Crippen molar-refractivity contribution in [3.63, 3.8) is 0 Å². The van der Waals surface area contributed by atoms with E-state index in [1.54, 1.807) is 36.4 Å². The van der Waals surface area contributed by atoms with E-state index in [1.165, 1.54) is 6.07 Å². The molecule has 2 aromatic carbocycles. The first kappa shape index (κ1) is 15.0. The van der Waals surface area contributed by atoms with Crippen LogP contribution in [0.5, 0.6) is 5.75 Å². The molecule has 0 bridgehead atoms. The zero-order valence-corrected chi connectivity index (χ0v) is 12.7. The van der Waals surface area contributed by atoms with Gasteiger partial charge >= 0.3 is 0 Å². The number of carbonyl (C=O) groups excluding carboxylic acids is 1. The molecule has 0 saturated carbocycles. The minimum Gasteiger partial charge on any atom is -0.486 e. The lowest BCUT2D eigenvalue weighted by Gasteiger charge is -2.06. The predicted octanol–water partition coefficient (Wildman–Crippen LogP) is 4.43. The van der Waals surface area contributed by atoms with E-state index < -0.39 is 5.82 Å². The van der Waals surface area contributed by atoms with Crippen LogP contribution in [0.25, 0.3) is 0 Å². The average molecular weight is 358 g/mol. The number of Topliss-reactive ketones (excluding diaryl/α,β-unsaturated/α-hetero) is 1. The number of halogens is 3. The lowest BCUT2D eigenvalue weighted by Crippen LogP contribution is -2.14. The Balaban J connectivity index is 1.90. The van der Waals surface area contributed by atoms with Crippen LogP contribution in [0, 0.1) is 5.82 Å². The molecule has 0 N–H and O–H groups in total. The highest BCUT2D eigenvalue weighted by atomic mass is 79.9. The zero-order valence-electron chi connectivity index (χ0n) is 10.4. The van der Waals surface area contributed by atoms with Crippen LogP contribution in [0.4, 0.5) is 4.39 Å². The van der Waals surface area contributed by atoms with Gasteiger partial charge in [-0.15, -0.1) is 0 Å². The molecule has 2 nitrogen and oxygen atoms in total. The van der Waals surface area contributed by atoms with Gasteiger partial charge in [-0.1, -0.05) is 33.6 Å². The van der Waals surface area contributed by atoms with E-state index in [9.17, 15) is 9.18 Å². The van der Waals surface area contributed by atoms with Gasteiger partial charge in [-0.3, -0.25) is 4.79 Å². The number of rotatable bonds is 5. The van der Waals surface area contributed by atoms with Crippen molar-refractivity contribution in [2.45, 2.75) is 6.42 Å². The maximum absolute atomic E-state index is 13.6. The molecule has 0 radical (unpaired) electrons. The summed E-state index contributed by atoms with van der Waals surface area (Å²) in [6.45, 7) is -0.100. The van der Waals surface area contributed by atoms with Crippen LogP contribution in [0.2, 0.25) is 5.02 Å². The molecule has 0 heterocycles. The fraction of sp³-hybridized carbons (Fsp3) is 0.133. The maximum atomic E-state index is 13.6. The quantitative estimate of drug-likeness (QED) is 0.791. The molecule has 0 atom stereocenters. The summed E-state index contributed by atoms with van der Waals surface area (Å²) in [6.07, 6.45) is 0.00665. The van der Waals surface area contributed by atoms with Crippen LogP contribution in [0.15, 0.2) is 46.9 Å². The van der Waals surface area contributed by atoms with Crippen molar-refractivity contribution in [2.75, 3.05) is 6.61 Å². The summed E-state index contributed by atoms with van der Waals surface area (Å²) in [7, 11) is 0. The van der Waals surface area contributed by atoms with Crippen molar-refractivity contribution in [1.82, 2.24) is 0 Å². The molecule has 5 heteroatoms. The second-order valence-electron chi connectivity index (χ2n) is 4.19. The fourth-order valence-electron chi connectivity index (χ4n) is 1.62. The average Bonchev–Trinajstić information content (AvgIpc) is 2.41. The highest BCUT2D eigenvalue weighted by Crippen LogP contribution is 2.17. The van der Waals surface area contributed by atoms with Gasteiger partial charge in [0.15, 0.2) is 5.78 Å². The topological polar surface area (TPSA) is 26.3 Å². The van der Waals surface area contributed by atoms with E-state index in [4.69, 9.17) is 16.3 Å². The molecule has 0 aliphatic rings. The summed E-state index contributed by atoms with van der Waals surface area (Å²) >= 11 is 8.91. The van der Waals surface area contributed by atoms with Crippen LogP contribution >= 0.6 is 27.5 Å². The van der Waals surface area contributed by atoms with E-state index in [0.29, 0.717) is 20.8 Å². The standard InChI is InChI=1S/C15H11BrClFO2/c16-11-2-1-10(15(18)8-11)7-13(19)9-20-14-5-3-12(17)4-6-14/h1-6,8H,7,9H2. The van der Waals surface area contributed by atoms with E-state index in [2.05, 4.69) is 15.9 Å². The van der Waals surface area contributed by atoms with Crippen LogP contribution < -0.4 is 4.74 Å². The normalized spacial score (nSPS) is 10.3. The molecule has 0 spiro atoms. The number of ether oxygens (including phenoxy) is 1. The molecule has 20 heavy (non-hydrogen) atoms. The van der Waals surface area contributed by atoms with Crippen LogP contribution in [0.1, 0.15) is 5.56 Å². The van der Waals surface area contributed by atoms with Gasteiger partial charge in [-0.25, -0.2) is 4.39 Å². The Bertz CT molecular complexity index is 614. The van der Waals surface area contributed by atoms with Crippen molar-refractivity contribution in [1.29, 1.82) is 0 Å². The number of hydrogen-bond donors (Lipinski definition) is 0. The molecule has 0 saturated heterocycles. The highest BCUT2D eigenvalue weighted by molar-refractivity contribution is 9.10. The highest BCUT2D eigenvalue weighted by Gasteiger charge is 2.09. The van der Waals surface area contributed by atoms with Crippen LogP contribution in [-0.4, -0.2) is 12.4 Å². The Hall–Kier alpha value is -1.39. The summed E-state index contributed by atoms with van der Waals surface area (Å²) in [4.78, 5) is 11.8. The third-order valence-electron chi connectivity index (χ3n) is 2.62. The smallest absolute Gasteiger partial charge is 0.174 e. The van der Waals surface area contributed by atoms with Gasteiger partial charge in [0.2, 0.25) is 0 Å². The minimum absolute atomic E-state index is 0.00665. The van der Waals surface area contributed by atoms with Gasteiger partial charge in [-0.2, -0.15) is 0 Å². The van der Waals surface area contributed by atoms with E-state index >= 15 is 0 Å². The molecular formula is C15H11BrClFO2. The molecule has 2 rings (SSSR count). The molecular weight excluding hydrogens is 347 g/mol. The number of carbonyl (C=O) groups is 1. The van der Waals surface area contributed by atoms with Crippen LogP contribution in [0.3, 0.4) is 0 Å². The first-order valence-corrected chi connectivity index (χ1v) is 7.05. The van der Waals surface area contributed by atoms with Crippen molar-refractivity contribution in [3.05, 3.63) is 63.3 Å². The van der Waals surface area contributed by atoms with Crippen molar-refractivity contribution in [3.8, 4) is 5.75 Å². The molecule has 0 fully saturated rings. The lowest BCUT2D eigenvalue weighted by atomic mass is 10.1. The monoisotopic (exact) mass is 356 g/mol. The third-order valence-corrected chi connectivity index (χ3v) is 3.36. The number of hydrogen-bond acceptors (Lipinski definition) is 2. The maximum Gasteiger partial charge on any atom is 0.174 e. The van der Waals surface area contributed by atoms with Crippen molar-refractivity contribution < 1.29 is 13.9 Å².